The predicted octanol–water partition coefficient (Wildman–Crippen LogP) is 11.6. The number of benzene rings is 3. The van der Waals surface area contributed by atoms with Crippen LogP contribution in [0.25, 0.3) is 32.7 Å². The maximum Gasteiger partial charge on any atom is 0.137 e. The molecule has 3 aromatic heterocycles. The van der Waals surface area contributed by atoms with E-state index in [1.54, 1.807) is 0 Å². The zero-order chi connectivity index (χ0) is 38.0. The van der Waals surface area contributed by atoms with Gasteiger partial charge in [-0.15, -0.1) is 0 Å². The second-order valence-corrected chi connectivity index (χ2v) is 17.6. The van der Waals surface area contributed by atoms with Crippen LogP contribution >= 0.6 is 0 Å². The fourth-order valence-corrected chi connectivity index (χ4v) is 10.4. The summed E-state index contributed by atoms with van der Waals surface area (Å²) in [6.07, 6.45) is 21.3. The van der Waals surface area contributed by atoms with E-state index >= 15 is 0 Å². The van der Waals surface area contributed by atoms with Gasteiger partial charge in [0.05, 0.1) is 16.6 Å². The maximum atomic E-state index is 5.44. The van der Waals surface area contributed by atoms with Crippen LogP contribution < -0.4 is 16.0 Å². The van der Waals surface area contributed by atoms with E-state index in [4.69, 9.17) is 29.9 Å². The van der Waals surface area contributed by atoms with Gasteiger partial charge in [0.15, 0.2) is 0 Å². The molecule has 4 aliphatic carbocycles. The van der Waals surface area contributed by atoms with Crippen LogP contribution in [0.15, 0.2) is 72.8 Å². The molecule has 0 radical (unpaired) electrons. The summed E-state index contributed by atoms with van der Waals surface area (Å²) in [7, 11) is 0. The van der Waals surface area contributed by atoms with Gasteiger partial charge in [-0.05, 0) is 94.2 Å². The molecule has 0 saturated heterocycles. The van der Waals surface area contributed by atoms with Crippen molar-refractivity contribution < 1.29 is 0 Å². The smallest absolute Gasteiger partial charge is 0.137 e. The third-order valence-corrected chi connectivity index (χ3v) is 13.5. The Morgan fingerprint density at radius 3 is 0.912 bits per heavy atom. The third kappa shape index (κ3) is 7.99. The zero-order valence-electron chi connectivity index (χ0n) is 33.3. The number of para-hydroxylation sites is 3. The van der Waals surface area contributed by atoms with E-state index in [1.165, 1.54) is 96.3 Å². The van der Waals surface area contributed by atoms with Gasteiger partial charge < -0.3 is 16.0 Å². The predicted molar refractivity (Wildman–Crippen MR) is 232 cm³/mol. The van der Waals surface area contributed by atoms with Crippen LogP contribution in [0.4, 0.5) is 17.5 Å². The van der Waals surface area contributed by atoms with Crippen LogP contribution in [-0.4, -0.2) is 48.0 Å². The highest BCUT2D eigenvalue weighted by Gasteiger charge is 2.37. The van der Waals surface area contributed by atoms with Gasteiger partial charge >= 0.3 is 0 Å². The van der Waals surface area contributed by atoms with Gasteiger partial charge in [0.2, 0.25) is 0 Å². The maximum absolute atomic E-state index is 5.44. The molecule has 3 N–H and O–H groups in total. The molecule has 9 nitrogen and oxygen atoms in total. The summed E-state index contributed by atoms with van der Waals surface area (Å²) >= 11 is 0. The highest BCUT2D eigenvalue weighted by molar-refractivity contribution is 5.91. The van der Waals surface area contributed by atoms with E-state index in [2.05, 4.69) is 88.7 Å². The van der Waals surface area contributed by atoms with Crippen LogP contribution in [0.2, 0.25) is 0 Å². The van der Waals surface area contributed by atoms with E-state index in [-0.39, 0.29) is 17.8 Å². The second kappa shape index (κ2) is 16.5. The Bertz CT molecular complexity index is 2060. The standard InChI is InChI=1S/C48H57N9/c1-4-16-34(17-5-1)49-46-37-22-10-13-25-40(37)52-43(55-46)31-28-32(44-53-41-26-14-11-23-38(41)47(56-44)50-35-18-6-2-7-19-35)30-33(29-31)45-54-42-27-15-12-24-39(42)48(57-45)51-36-20-8-3-9-21-36/h10-15,22-27,31-36H,1-9,16-21,28-30H2,(H,49,52,55)(H,50,53,56)(H,51,54,57). The number of hydrogen-bond donors (Lipinski definition) is 3. The molecule has 294 valence electrons. The first kappa shape index (κ1) is 36.4. The van der Waals surface area contributed by atoms with Crippen LogP contribution in [0.5, 0.6) is 0 Å². The summed E-state index contributed by atoms with van der Waals surface area (Å²) in [4.78, 5) is 32.3. The number of hydrogen-bond acceptors (Lipinski definition) is 9. The van der Waals surface area contributed by atoms with Crippen LogP contribution in [-0.2, 0) is 0 Å². The van der Waals surface area contributed by atoms with Crippen molar-refractivity contribution in [1.82, 2.24) is 29.9 Å². The average molecular weight is 760 g/mol. The number of anilines is 3. The highest BCUT2D eigenvalue weighted by Crippen LogP contribution is 2.47. The van der Waals surface area contributed by atoms with Gasteiger partial charge in [0.25, 0.3) is 0 Å². The molecule has 0 unspecified atom stereocenters. The zero-order valence-corrected chi connectivity index (χ0v) is 33.3. The first-order valence-electron chi connectivity index (χ1n) is 22.3. The Labute approximate surface area is 336 Å². The van der Waals surface area contributed by atoms with Gasteiger partial charge in [-0.2, -0.15) is 0 Å². The second-order valence-electron chi connectivity index (χ2n) is 17.6. The fourth-order valence-electron chi connectivity index (χ4n) is 10.4. The van der Waals surface area contributed by atoms with Gasteiger partial charge in [0, 0.05) is 52.0 Å². The van der Waals surface area contributed by atoms with Gasteiger partial charge in [-0.1, -0.05) is 94.2 Å². The third-order valence-electron chi connectivity index (χ3n) is 13.5. The van der Waals surface area contributed by atoms with Gasteiger partial charge in [-0.3, -0.25) is 0 Å². The van der Waals surface area contributed by atoms with Crippen LogP contribution in [0.3, 0.4) is 0 Å². The molecular formula is C48H57N9. The Morgan fingerprint density at radius 1 is 0.333 bits per heavy atom. The minimum atomic E-state index is 0.0832. The Kier molecular flexibility index (Phi) is 10.6. The first-order valence-corrected chi connectivity index (χ1v) is 22.3. The highest BCUT2D eigenvalue weighted by atomic mass is 15.1. The SMILES string of the molecule is c1ccc2c(NC3CCCCC3)nc(C3CC(c4nc(NC5CCCCC5)c5ccccc5n4)CC(c4nc(NC5CCCCC5)c5ccccc5n4)C3)nc2c1. The molecular weight excluding hydrogens is 703 g/mol. The number of rotatable bonds is 9. The molecule has 0 amide bonds. The van der Waals surface area contributed by atoms with Crippen molar-refractivity contribution in [2.45, 2.75) is 151 Å². The molecule has 9 heteroatoms. The summed E-state index contributed by atoms with van der Waals surface area (Å²) in [5, 5.41) is 15.0. The summed E-state index contributed by atoms with van der Waals surface area (Å²) in [5.74, 6) is 5.90. The lowest BCUT2D eigenvalue weighted by Gasteiger charge is -2.34. The van der Waals surface area contributed by atoms with Crippen molar-refractivity contribution in [3.05, 3.63) is 90.3 Å². The van der Waals surface area contributed by atoms with E-state index < -0.39 is 0 Å². The minimum Gasteiger partial charge on any atom is -0.367 e. The average Bonchev–Trinajstić information content (AvgIpc) is 3.27. The molecule has 0 bridgehead atoms. The Balaban J connectivity index is 1.06. The van der Waals surface area contributed by atoms with Crippen LogP contribution in [0.1, 0.15) is 151 Å². The molecule has 0 atom stereocenters. The van der Waals surface area contributed by atoms with Crippen molar-refractivity contribution in [3.63, 3.8) is 0 Å². The van der Waals surface area contributed by atoms with E-state index in [0.717, 1.165) is 86.9 Å². The van der Waals surface area contributed by atoms with Crippen LogP contribution in [0, 0.1) is 0 Å². The van der Waals surface area contributed by atoms with Crippen molar-refractivity contribution in [2.24, 2.45) is 0 Å². The molecule has 3 aromatic carbocycles. The van der Waals surface area contributed by atoms with E-state index in [9.17, 15) is 0 Å². The lowest BCUT2D eigenvalue weighted by atomic mass is 9.74. The number of fused-ring (bicyclic) bond motifs is 3. The molecule has 0 spiro atoms. The summed E-state index contributed by atoms with van der Waals surface area (Å²) in [5.41, 5.74) is 3.00. The van der Waals surface area contributed by atoms with E-state index in [0.29, 0.717) is 18.1 Å². The number of nitrogens with zero attached hydrogens (tertiary/aromatic N) is 6. The van der Waals surface area contributed by atoms with Gasteiger partial charge in [-0.25, -0.2) is 29.9 Å². The minimum absolute atomic E-state index is 0.0832. The Morgan fingerprint density at radius 2 is 0.614 bits per heavy atom. The van der Waals surface area contributed by atoms with Crippen molar-refractivity contribution in [3.8, 4) is 0 Å². The fraction of sp³-hybridized carbons (Fsp3) is 0.500. The quantitative estimate of drug-likeness (QED) is 0.133. The molecule has 0 aliphatic heterocycles. The van der Waals surface area contributed by atoms with Crippen molar-refractivity contribution >= 4 is 50.2 Å². The summed E-state index contributed by atoms with van der Waals surface area (Å²) in [6, 6.07) is 26.9. The largest absolute Gasteiger partial charge is 0.367 e. The Hall–Kier alpha value is -4.92. The molecule has 57 heavy (non-hydrogen) atoms. The summed E-state index contributed by atoms with van der Waals surface area (Å²) < 4.78 is 0. The molecule has 4 fully saturated rings. The molecule has 10 rings (SSSR count). The normalized spacial score (nSPS) is 22.8. The molecule has 3 heterocycles. The molecule has 4 saturated carbocycles. The molecule has 6 aromatic rings. The molecule has 4 aliphatic rings. The summed E-state index contributed by atoms with van der Waals surface area (Å²) in [6.45, 7) is 0. The number of aromatic nitrogens is 6. The van der Waals surface area contributed by atoms with Crippen molar-refractivity contribution in [1.29, 1.82) is 0 Å². The monoisotopic (exact) mass is 759 g/mol. The lowest BCUT2D eigenvalue weighted by Crippen LogP contribution is -2.27. The first-order chi connectivity index (χ1) is 28.2. The van der Waals surface area contributed by atoms with E-state index in [1.807, 2.05) is 0 Å². The lowest BCUT2D eigenvalue weighted by molar-refractivity contribution is 0.327. The van der Waals surface area contributed by atoms with Crippen molar-refractivity contribution in [2.75, 3.05) is 16.0 Å². The van der Waals surface area contributed by atoms with Gasteiger partial charge in [0.1, 0.15) is 34.9 Å². The number of nitrogens with one attached hydrogen (secondary N) is 3. The topological polar surface area (TPSA) is 113 Å².